The van der Waals surface area contributed by atoms with Gasteiger partial charge in [0.05, 0.1) is 18.5 Å². The first-order valence-electron chi connectivity index (χ1n) is 12.2. The number of hydrogen-bond acceptors (Lipinski definition) is 5. The maximum atomic E-state index is 13.0. The summed E-state index contributed by atoms with van der Waals surface area (Å²) >= 11 is 0. The predicted octanol–water partition coefficient (Wildman–Crippen LogP) is 5.43. The van der Waals surface area contributed by atoms with Gasteiger partial charge in [-0.1, -0.05) is 74.0 Å². The third-order valence-electron chi connectivity index (χ3n) is 6.62. The predicted molar refractivity (Wildman–Crippen MR) is 134 cm³/mol. The molecule has 4 rings (SSSR count). The highest BCUT2D eigenvalue weighted by atomic mass is 16.5. The van der Waals surface area contributed by atoms with Crippen molar-refractivity contribution in [2.24, 2.45) is 5.92 Å². The fraction of sp³-hybridized carbons (Fsp3) is 0.464. The van der Waals surface area contributed by atoms with Gasteiger partial charge in [0.2, 0.25) is 17.6 Å². The van der Waals surface area contributed by atoms with Gasteiger partial charge in [0.1, 0.15) is 0 Å². The first-order chi connectivity index (χ1) is 16.2. The van der Waals surface area contributed by atoms with Crippen LogP contribution in [0.4, 0.5) is 0 Å². The van der Waals surface area contributed by atoms with E-state index in [-0.39, 0.29) is 23.3 Å². The van der Waals surface area contributed by atoms with Crippen LogP contribution >= 0.6 is 0 Å². The molecule has 0 bridgehead atoms. The van der Waals surface area contributed by atoms with Gasteiger partial charge in [-0.05, 0) is 55.8 Å². The second-order valence-electron chi connectivity index (χ2n) is 10.6. The van der Waals surface area contributed by atoms with Crippen LogP contribution in [0, 0.1) is 12.8 Å². The summed E-state index contributed by atoms with van der Waals surface area (Å²) in [6.07, 6.45) is 1.88. The van der Waals surface area contributed by atoms with E-state index < -0.39 is 0 Å². The number of amides is 1. The normalized spacial score (nSPS) is 18.0. The number of carbonyl (C=O) groups excluding carboxylic acids is 1. The third-order valence-corrected chi connectivity index (χ3v) is 6.62. The van der Waals surface area contributed by atoms with Gasteiger partial charge in [-0.2, -0.15) is 4.98 Å². The molecule has 2 aromatic carbocycles. The van der Waals surface area contributed by atoms with E-state index in [4.69, 9.17) is 4.52 Å². The van der Waals surface area contributed by atoms with Crippen molar-refractivity contribution in [2.75, 3.05) is 13.1 Å². The van der Waals surface area contributed by atoms with Crippen LogP contribution in [-0.2, 0) is 16.8 Å². The molecule has 1 aromatic heterocycles. The molecule has 0 aliphatic carbocycles. The fourth-order valence-corrected chi connectivity index (χ4v) is 4.51. The molecule has 180 valence electrons. The van der Waals surface area contributed by atoms with Crippen molar-refractivity contribution in [3.63, 3.8) is 0 Å². The SMILES string of the molecule is Cc1cccc(-c2noc(CN3CCCC(C(=O)NC(C)c4ccc(C(C)(C)C)cc4)C3)n2)c1. The molecule has 1 aliphatic heterocycles. The van der Waals surface area contributed by atoms with Crippen LogP contribution in [-0.4, -0.2) is 34.0 Å². The summed E-state index contributed by atoms with van der Waals surface area (Å²) in [7, 11) is 0. The third kappa shape index (κ3) is 5.92. The van der Waals surface area contributed by atoms with Crippen molar-refractivity contribution in [3.8, 4) is 11.4 Å². The zero-order valence-corrected chi connectivity index (χ0v) is 21.0. The standard InChI is InChI=1S/C28H36N4O2/c1-19-8-6-9-22(16-19)26-30-25(34-31-26)18-32-15-7-10-23(17-32)27(33)29-20(2)21-11-13-24(14-12-21)28(3,4)5/h6,8-9,11-14,16,20,23H,7,10,15,17-18H2,1-5H3,(H,29,33). The first-order valence-corrected chi connectivity index (χ1v) is 12.2. The fourth-order valence-electron chi connectivity index (χ4n) is 4.51. The number of aryl methyl sites for hydroxylation is 1. The van der Waals surface area contributed by atoms with E-state index in [9.17, 15) is 4.79 Å². The van der Waals surface area contributed by atoms with Crippen molar-refractivity contribution in [2.45, 2.75) is 65.5 Å². The van der Waals surface area contributed by atoms with Crippen LogP contribution in [0.25, 0.3) is 11.4 Å². The highest BCUT2D eigenvalue weighted by molar-refractivity contribution is 5.79. The van der Waals surface area contributed by atoms with Crippen LogP contribution in [0.5, 0.6) is 0 Å². The molecule has 2 unspecified atom stereocenters. The van der Waals surface area contributed by atoms with Crippen molar-refractivity contribution >= 4 is 5.91 Å². The molecule has 0 radical (unpaired) electrons. The van der Waals surface area contributed by atoms with E-state index >= 15 is 0 Å². The Balaban J connectivity index is 1.33. The minimum absolute atomic E-state index is 0.0234. The average Bonchev–Trinajstić information content (AvgIpc) is 3.27. The molecule has 34 heavy (non-hydrogen) atoms. The summed E-state index contributed by atoms with van der Waals surface area (Å²) in [5, 5.41) is 7.37. The second-order valence-corrected chi connectivity index (χ2v) is 10.6. The molecule has 3 aromatic rings. The van der Waals surface area contributed by atoms with Crippen LogP contribution < -0.4 is 5.32 Å². The molecule has 1 aliphatic rings. The summed E-state index contributed by atoms with van der Waals surface area (Å²) in [4.78, 5) is 19.9. The van der Waals surface area contributed by atoms with E-state index in [1.54, 1.807) is 0 Å². The minimum atomic E-state index is -0.0378. The number of nitrogens with zero attached hydrogens (tertiary/aromatic N) is 3. The van der Waals surface area contributed by atoms with E-state index in [0.29, 0.717) is 24.8 Å². The Bertz CT molecular complexity index is 1110. The van der Waals surface area contributed by atoms with Gasteiger partial charge in [0.25, 0.3) is 0 Å². The molecule has 1 N–H and O–H groups in total. The molecule has 0 spiro atoms. The summed E-state index contributed by atoms with van der Waals surface area (Å²) in [5.74, 6) is 1.27. The zero-order chi connectivity index (χ0) is 24.3. The minimum Gasteiger partial charge on any atom is -0.349 e. The molecule has 6 heteroatoms. The number of hydrogen-bond donors (Lipinski definition) is 1. The number of nitrogens with one attached hydrogen (secondary N) is 1. The van der Waals surface area contributed by atoms with E-state index in [0.717, 1.165) is 36.1 Å². The number of piperidine rings is 1. The lowest BCUT2D eigenvalue weighted by atomic mass is 9.86. The maximum absolute atomic E-state index is 13.0. The van der Waals surface area contributed by atoms with Gasteiger partial charge in [0, 0.05) is 12.1 Å². The molecule has 1 fully saturated rings. The molecule has 0 saturated carbocycles. The molecule has 6 nitrogen and oxygen atoms in total. The zero-order valence-electron chi connectivity index (χ0n) is 21.0. The molecule has 1 amide bonds. The lowest BCUT2D eigenvalue weighted by Crippen LogP contribution is -2.43. The lowest BCUT2D eigenvalue weighted by Gasteiger charge is -2.31. The van der Waals surface area contributed by atoms with Gasteiger partial charge in [-0.15, -0.1) is 0 Å². The number of likely N-dealkylation sites (tertiary alicyclic amines) is 1. The Morgan fingerprint density at radius 1 is 1.21 bits per heavy atom. The summed E-state index contributed by atoms with van der Waals surface area (Å²) < 4.78 is 5.51. The van der Waals surface area contributed by atoms with Crippen LogP contribution in [0.15, 0.2) is 53.1 Å². The van der Waals surface area contributed by atoms with E-state index in [1.807, 2.05) is 31.2 Å². The largest absolute Gasteiger partial charge is 0.349 e. The number of carbonyl (C=O) groups is 1. The highest BCUT2D eigenvalue weighted by Crippen LogP contribution is 2.25. The summed E-state index contributed by atoms with van der Waals surface area (Å²) in [6, 6.07) is 16.6. The van der Waals surface area contributed by atoms with Crippen molar-refractivity contribution < 1.29 is 9.32 Å². The monoisotopic (exact) mass is 460 g/mol. The Kier molecular flexibility index (Phi) is 7.17. The second kappa shape index (κ2) is 10.1. The summed E-state index contributed by atoms with van der Waals surface area (Å²) in [5.41, 5.74) is 4.66. The van der Waals surface area contributed by atoms with E-state index in [1.165, 1.54) is 5.56 Å². The van der Waals surface area contributed by atoms with Gasteiger partial charge in [0.15, 0.2) is 0 Å². The molecular formula is C28H36N4O2. The average molecular weight is 461 g/mol. The Morgan fingerprint density at radius 3 is 2.68 bits per heavy atom. The van der Waals surface area contributed by atoms with Gasteiger partial charge >= 0.3 is 0 Å². The maximum Gasteiger partial charge on any atom is 0.241 e. The van der Waals surface area contributed by atoms with Gasteiger partial charge in [-0.3, -0.25) is 9.69 Å². The summed E-state index contributed by atoms with van der Waals surface area (Å²) in [6.45, 7) is 12.9. The molecule has 2 atom stereocenters. The van der Waals surface area contributed by atoms with Crippen molar-refractivity contribution in [3.05, 3.63) is 71.1 Å². The van der Waals surface area contributed by atoms with Crippen molar-refractivity contribution in [1.29, 1.82) is 0 Å². The van der Waals surface area contributed by atoms with Crippen molar-refractivity contribution in [1.82, 2.24) is 20.4 Å². The van der Waals surface area contributed by atoms with E-state index in [2.05, 4.69) is 72.3 Å². The topological polar surface area (TPSA) is 71.3 Å². The Labute approximate surface area is 202 Å². The molecule has 2 heterocycles. The lowest BCUT2D eigenvalue weighted by molar-refractivity contribution is -0.127. The molecular weight excluding hydrogens is 424 g/mol. The molecule has 1 saturated heterocycles. The first kappa shape index (κ1) is 24.1. The smallest absolute Gasteiger partial charge is 0.241 e. The number of rotatable bonds is 6. The van der Waals surface area contributed by atoms with Crippen LogP contribution in [0.1, 0.15) is 69.2 Å². The van der Waals surface area contributed by atoms with Crippen LogP contribution in [0.2, 0.25) is 0 Å². The quantitative estimate of drug-likeness (QED) is 0.531. The van der Waals surface area contributed by atoms with Gasteiger partial charge < -0.3 is 9.84 Å². The Morgan fingerprint density at radius 2 is 1.97 bits per heavy atom. The number of aromatic nitrogens is 2. The van der Waals surface area contributed by atoms with Crippen LogP contribution in [0.3, 0.4) is 0 Å². The van der Waals surface area contributed by atoms with Gasteiger partial charge in [-0.25, -0.2) is 0 Å². The highest BCUT2D eigenvalue weighted by Gasteiger charge is 2.28. The number of benzene rings is 2. The Hall–Kier alpha value is -2.99.